The summed E-state index contributed by atoms with van der Waals surface area (Å²) in [5, 5.41) is 12.1. The predicted molar refractivity (Wildman–Crippen MR) is 110 cm³/mol. The summed E-state index contributed by atoms with van der Waals surface area (Å²) in [5.41, 5.74) is 5.10. The van der Waals surface area contributed by atoms with Gasteiger partial charge in [-0.25, -0.2) is 9.97 Å². The van der Waals surface area contributed by atoms with Crippen LogP contribution in [0, 0.1) is 10.1 Å². The Kier molecular flexibility index (Phi) is 4.29. The van der Waals surface area contributed by atoms with E-state index < -0.39 is 0 Å². The minimum Gasteiger partial charge on any atom is -0.361 e. The van der Waals surface area contributed by atoms with Gasteiger partial charge in [0.25, 0.3) is 5.69 Å². The number of hydrogen-bond donors (Lipinski definition) is 1. The van der Waals surface area contributed by atoms with Crippen LogP contribution >= 0.6 is 0 Å². The van der Waals surface area contributed by atoms with Crippen LogP contribution in [-0.2, 0) is 19.5 Å². The first-order valence-electron chi connectivity index (χ1n) is 9.55. The lowest BCUT2D eigenvalue weighted by Gasteiger charge is -2.27. The third kappa shape index (κ3) is 3.25. The average molecular weight is 385 g/mol. The number of aromatic nitrogens is 3. The van der Waals surface area contributed by atoms with E-state index in [1.54, 1.807) is 12.1 Å². The highest BCUT2D eigenvalue weighted by atomic mass is 16.6. The number of nitrogens with one attached hydrogen (secondary N) is 1. The quantitative estimate of drug-likeness (QED) is 0.422. The van der Waals surface area contributed by atoms with Gasteiger partial charge in [0, 0.05) is 55.6 Å². The summed E-state index contributed by atoms with van der Waals surface area (Å²) in [6, 6.07) is 15.1. The van der Waals surface area contributed by atoms with Crippen LogP contribution in [0.1, 0.15) is 16.8 Å². The van der Waals surface area contributed by atoms with Crippen LogP contribution in [0.15, 0.2) is 60.9 Å². The molecule has 5 rings (SSSR count). The van der Waals surface area contributed by atoms with Crippen molar-refractivity contribution in [3.05, 3.63) is 87.9 Å². The van der Waals surface area contributed by atoms with Gasteiger partial charge in [-0.15, -0.1) is 0 Å². The van der Waals surface area contributed by atoms with Crippen molar-refractivity contribution in [2.75, 3.05) is 6.54 Å². The summed E-state index contributed by atoms with van der Waals surface area (Å²) in [7, 11) is 0. The molecule has 0 aliphatic carbocycles. The first-order chi connectivity index (χ1) is 14.2. The molecule has 4 aromatic rings. The largest absolute Gasteiger partial charge is 0.361 e. The Morgan fingerprint density at radius 3 is 2.83 bits per heavy atom. The van der Waals surface area contributed by atoms with E-state index in [-0.39, 0.29) is 10.6 Å². The van der Waals surface area contributed by atoms with E-state index in [0.29, 0.717) is 11.9 Å². The molecule has 29 heavy (non-hydrogen) atoms. The van der Waals surface area contributed by atoms with Crippen LogP contribution in [0.5, 0.6) is 0 Å². The highest BCUT2D eigenvalue weighted by molar-refractivity contribution is 5.91. The maximum Gasteiger partial charge on any atom is 0.279 e. The summed E-state index contributed by atoms with van der Waals surface area (Å²) in [6.07, 6.45) is 4.62. The molecule has 0 saturated carbocycles. The molecule has 7 heteroatoms. The Labute approximate surface area is 167 Å². The van der Waals surface area contributed by atoms with Crippen LogP contribution in [-0.4, -0.2) is 31.3 Å². The van der Waals surface area contributed by atoms with Crippen LogP contribution < -0.4 is 0 Å². The molecule has 0 atom stereocenters. The van der Waals surface area contributed by atoms with Gasteiger partial charge < -0.3 is 4.98 Å². The van der Waals surface area contributed by atoms with E-state index >= 15 is 0 Å². The molecule has 2 aromatic carbocycles. The maximum atomic E-state index is 11.4. The third-order valence-electron chi connectivity index (χ3n) is 5.40. The number of rotatable bonds is 4. The van der Waals surface area contributed by atoms with E-state index in [2.05, 4.69) is 14.9 Å². The first kappa shape index (κ1) is 17.5. The number of benzene rings is 2. The topological polar surface area (TPSA) is 88.0 Å². The molecular formula is C22H19N5O2. The number of H-pyrrole nitrogens is 1. The van der Waals surface area contributed by atoms with Crippen molar-refractivity contribution in [2.24, 2.45) is 0 Å². The molecule has 0 bridgehead atoms. The summed E-state index contributed by atoms with van der Waals surface area (Å²) in [5.74, 6) is 0.755. The van der Waals surface area contributed by atoms with E-state index in [1.165, 1.54) is 0 Å². The molecule has 1 aliphatic heterocycles. The fraction of sp³-hybridized carbons (Fsp3) is 0.182. The predicted octanol–water partition coefficient (Wildman–Crippen LogP) is 4.09. The number of nitro groups is 1. The Morgan fingerprint density at radius 2 is 2.00 bits per heavy atom. The fourth-order valence-electron chi connectivity index (χ4n) is 3.99. The molecule has 0 unspecified atom stereocenters. The smallest absolute Gasteiger partial charge is 0.279 e. The van der Waals surface area contributed by atoms with E-state index in [0.717, 1.165) is 53.2 Å². The molecule has 3 heterocycles. The minimum atomic E-state index is -0.315. The standard InChI is InChI=1S/C22H19N5O2/c28-27(29)20-8-4-7-19-21(20)17(12-23-19)14-26-10-9-18-16(13-26)11-24-22(25-18)15-5-2-1-3-6-15/h1-8,11-12,23H,9-10,13-14H2. The zero-order valence-electron chi connectivity index (χ0n) is 15.7. The van der Waals surface area contributed by atoms with E-state index in [4.69, 9.17) is 4.98 Å². The van der Waals surface area contributed by atoms with Crippen molar-refractivity contribution in [2.45, 2.75) is 19.5 Å². The zero-order chi connectivity index (χ0) is 19.8. The third-order valence-corrected chi connectivity index (χ3v) is 5.40. The number of aromatic amines is 1. The van der Waals surface area contributed by atoms with Gasteiger partial charge >= 0.3 is 0 Å². The van der Waals surface area contributed by atoms with Gasteiger partial charge in [-0.3, -0.25) is 15.0 Å². The molecule has 0 radical (unpaired) electrons. The van der Waals surface area contributed by atoms with Crippen molar-refractivity contribution in [1.82, 2.24) is 19.9 Å². The van der Waals surface area contributed by atoms with Gasteiger partial charge in [-0.1, -0.05) is 36.4 Å². The lowest BCUT2D eigenvalue weighted by Crippen LogP contribution is -2.30. The number of fused-ring (bicyclic) bond motifs is 2. The SMILES string of the molecule is O=[N+]([O-])c1cccc2[nH]cc(CN3CCc4nc(-c5ccccc5)ncc4C3)c12. The molecule has 2 aromatic heterocycles. The van der Waals surface area contributed by atoms with Crippen LogP contribution in [0.3, 0.4) is 0 Å². The first-order valence-corrected chi connectivity index (χ1v) is 9.55. The van der Waals surface area contributed by atoms with E-state index in [9.17, 15) is 10.1 Å². The Balaban J connectivity index is 1.40. The van der Waals surface area contributed by atoms with Gasteiger partial charge in [0.2, 0.25) is 0 Å². The van der Waals surface area contributed by atoms with Gasteiger partial charge in [-0.05, 0) is 11.6 Å². The van der Waals surface area contributed by atoms with Crippen molar-refractivity contribution < 1.29 is 4.92 Å². The normalized spacial score (nSPS) is 14.1. The summed E-state index contributed by atoms with van der Waals surface area (Å²) >= 11 is 0. The number of nitro benzene ring substituents is 1. The van der Waals surface area contributed by atoms with Gasteiger partial charge in [0.05, 0.1) is 21.5 Å². The molecule has 0 fully saturated rings. The monoisotopic (exact) mass is 385 g/mol. The van der Waals surface area contributed by atoms with Gasteiger partial charge in [0.15, 0.2) is 5.82 Å². The summed E-state index contributed by atoms with van der Waals surface area (Å²) in [4.78, 5) is 25.9. The summed E-state index contributed by atoms with van der Waals surface area (Å²) < 4.78 is 0. The van der Waals surface area contributed by atoms with Crippen molar-refractivity contribution >= 4 is 16.6 Å². The van der Waals surface area contributed by atoms with Crippen LogP contribution in [0.4, 0.5) is 5.69 Å². The Hall–Kier alpha value is -3.58. The molecule has 7 nitrogen and oxygen atoms in total. The van der Waals surface area contributed by atoms with Crippen molar-refractivity contribution in [3.63, 3.8) is 0 Å². The lowest BCUT2D eigenvalue weighted by molar-refractivity contribution is -0.383. The van der Waals surface area contributed by atoms with Crippen LogP contribution in [0.2, 0.25) is 0 Å². The van der Waals surface area contributed by atoms with Gasteiger partial charge in [0.1, 0.15) is 0 Å². The minimum absolute atomic E-state index is 0.145. The fourth-order valence-corrected chi connectivity index (χ4v) is 3.99. The molecule has 1 N–H and O–H groups in total. The summed E-state index contributed by atoms with van der Waals surface area (Å²) in [6.45, 7) is 2.23. The van der Waals surface area contributed by atoms with Gasteiger partial charge in [-0.2, -0.15) is 0 Å². The second-order valence-corrected chi connectivity index (χ2v) is 7.26. The molecule has 0 amide bonds. The highest BCUT2D eigenvalue weighted by Gasteiger charge is 2.22. The zero-order valence-corrected chi connectivity index (χ0v) is 15.7. The molecule has 1 aliphatic rings. The number of nitrogens with zero attached hydrogens (tertiary/aromatic N) is 4. The highest BCUT2D eigenvalue weighted by Crippen LogP contribution is 2.30. The molecule has 144 valence electrons. The van der Waals surface area contributed by atoms with Crippen molar-refractivity contribution in [3.8, 4) is 11.4 Å². The number of hydrogen-bond acceptors (Lipinski definition) is 5. The second kappa shape index (κ2) is 7.10. The average Bonchev–Trinajstić information content (AvgIpc) is 3.17. The Morgan fingerprint density at radius 1 is 1.14 bits per heavy atom. The maximum absolute atomic E-state index is 11.4. The number of non-ortho nitro benzene ring substituents is 1. The lowest BCUT2D eigenvalue weighted by atomic mass is 10.0. The second-order valence-electron chi connectivity index (χ2n) is 7.26. The van der Waals surface area contributed by atoms with E-state index in [1.807, 2.05) is 48.8 Å². The molecule has 0 spiro atoms. The molecule has 0 saturated heterocycles. The molecular weight excluding hydrogens is 366 g/mol. The van der Waals surface area contributed by atoms with Crippen molar-refractivity contribution in [1.29, 1.82) is 0 Å². The van der Waals surface area contributed by atoms with Crippen LogP contribution in [0.25, 0.3) is 22.3 Å². The Bertz CT molecular complexity index is 1200.